The highest BCUT2D eigenvalue weighted by Gasteiger charge is 2.23. The van der Waals surface area contributed by atoms with Gasteiger partial charge in [-0.1, -0.05) is 30.3 Å². The molecule has 24 heavy (non-hydrogen) atoms. The predicted molar refractivity (Wildman–Crippen MR) is 89.8 cm³/mol. The molecule has 6 heteroatoms. The molecule has 0 saturated heterocycles. The number of nitrogens with one attached hydrogen (secondary N) is 1. The molecule has 122 valence electrons. The summed E-state index contributed by atoms with van der Waals surface area (Å²) in [6.07, 6.45) is 1.81. The van der Waals surface area contributed by atoms with Gasteiger partial charge in [0, 0.05) is 22.0 Å². The van der Waals surface area contributed by atoms with E-state index in [1.807, 2.05) is 30.5 Å². The van der Waals surface area contributed by atoms with Gasteiger partial charge in [0.05, 0.1) is 18.6 Å². The van der Waals surface area contributed by atoms with Gasteiger partial charge in [0.25, 0.3) is 0 Å². The first-order valence-electron chi connectivity index (χ1n) is 7.46. The van der Waals surface area contributed by atoms with Crippen LogP contribution < -0.4 is 0 Å². The van der Waals surface area contributed by atoms with E-state index in [-0.39, 0.29) is 11.5 Å². The fourth-order valence-corrected chi connectivity index (χ4v) is 2.88. The first-order valence-corrected chi connectivity index (χ1v) is 7.46. The summed E-state index contributed by atoms with van der Waals surface area (Å²) in [5.41, 5.74) is 3.00. The number of nitrogens with zero attached hydrogens (tertiary/aromatic N) is 1. The van der Waals surface area contributed by atoms with Crippen LogP contribution in [0.25, 0.3) is 10.9 Å². The largest absolute Gasteiger partial charge is 0.465 e. The number of fused-ring (bicyclic) bond motifs is 1. The number of aromatic amines is 1. The van der Waals surface area contributed by atoms with Crippen LogP contribution in [0.5, 0.6) is 0 Å². The van der Waals surface area contributed by atoms with Crippen molar-refractivity contribution in [2.24, 2.45) is 0 Å². The summed E-state index contributed by atoms with van der Waals surface area (Å²) in [6, 6.07) is 14.4. The van der Waals surface area contributed by atoms with E-state index in [4.69, 9.17) is 0 Å². The molecule has 0 fully saturated rings. The number of carbonyl (C=O) groups is 1. The van der Waals surface area contributed by atoms with E-state index in [0.29, 0.717) is 5.56 Å². The third-order valence-electron chi connectivity index (χ3n) is 4.06. The lowest BCUT2D eigenvalue weighted by atomic mass is 9.90. The van der Waals surface area contributed by atoms with Crippen molar-refractivity contribution < 1.29 is 14.5 Å². The maximum absolute atomic E-state index is 11.5. The number of H-pyrrole nitrogens is 1. The molecule has 0 spiro atoms. The van der Waals surface area contributed by atoms with Crippen LogP contribution in [-0.2, 0) is 4.74 Å². The van der Waals surface area contributed by atoms with Crippen molar-refractivity contribution in [2.45, 2.75) is 5.92 Å². The number of methoxy groups -OCH3 is 1. The molecule has 2 aromatic carbocycles. The van der Waals surface area contributed by atoms with Gasteiger partial charge in [0.15, 0.2) is 0 Å². The normalized spacial score (nSPS) is 12.0. The molecular weight excluding hydrogens is 308 g/mol. The van der Waals surface area contributed by atoms with Crippen molar-refractivity contribution >= 4 is 16.9 Å². The van der Waals surface area contributed by atoms with Gasteiger partial charge in [-0.25, -0.2) is 4.79 Å². The van der Waals surface area contributed by atoms with E-state index in [1.54, 1.807) is 24.3 Å². The predicted octanol–water partition coefficient (Wildman–Crippen LogP) is 3.36. The molecule has 0 radical (unpaired) electrons. The number of carbonyl (C=O) groups excluding carboxylic acids is 1. The molecule has 0 saturated carbocycles. The van der Waals surface area contributed by atoms with Crippen LogP contribution in [0.2, 0.25) is 0 Å². The van der Waals surface area contributed by atoms with E-state index in [1.165, 1.54) is 7.11 Å². The van der Waals surface area contributed by atoms with Crippen molar-refractivity contribution in [1.82, 2.24) is 4.98 Å². The summed E-state index contributed by atoms with van der Waals surface area (Å²) in [5.74, 6) is -0.831. The molecule has 6 nitrogen and oxygen atoms in total. The number of esters is 1. The second-order valence-electron chi connectivity index (χ2n) is 5.47. The second-order valence-corrected chi connectivity index (χ2v) is 5.47. The van der Waals surface area contributed by atoms with Crippen LogP contribution in [0.4, 0.5) is 0 Å². The quantitative estimate of drug-likeness (QED) is 0.443. The Morgan fingerprint density at radius 1 is 1.21 bits per heavy atom. The number of para-hydroxylation sites is 1. The summed E-state index contributed by atoms with van der Waals surface area (Å²) in [6.45, 7) is -0.223. The number of nitro groups is 1. The summed E-state index contributed by atoms with van der Waals surface area (Å²) in [7, 11) is 1.32. The summed E-state index contributed by atoms with van der Waals surface area (Å²) in [5, 5.41) is 12.1. The van der Waals surface area contributed by atoms with Crippen LogP contribution in [0.1, 0.15) is 27.4 Å². The molecule has 3 aromatic rings. The standard InChI is InChI=1S/C18H16N2O4/c1-24-18(21)13-8-6-12(7-9-13)16(11-20(22)23)15-10-19-17-5-3-2-4-14(15)17/h2-10,16,19H,11H2,1H3/t16-/m1/s1. The van der Waals surface area contributed by atoms with E-state index >= 15 is 0 Å². The Morgan fingerprint density at radius 3 is 2.58 bits per heavy atom. The van der Waals surface area contributed by atoms with E-state index in [2.05, 4.69) is 9.72 Å². The van der Waals surface area contributed by atoms with Crippen LogP contribution >= 0.6 is 0 Å². The Balaban J connectivity index is 2.03. The summed E-state index contributed by atoms with van der Waals surface area (Å²) in [4.78, 5) is 25.5. The highest BCUT2D eigenvalue weighted by Crippen LogP contribution is 2.31. The zero-order chi connectivity index (χ0) is 17.1. The van der Waals surface area contributed by atoms with Gasteiger partial charge in [-0.2, -0.15) is 0 Å². The van der Waals surface area contributed by atoms with Crippen LogP contribution in [0.3, 0.4) is 0 Å². The molecule has 1 N–H and O–H groups in total. The van der Waals surface area contributed by atoms with Crippen molar-refractivity contribution in [1.29, 1.82) is 0 Å². The molecule has 0 amide bonds. The van der Waals surface area contributed by atoms with Crippen molar-refractivity contribution in [3.05, 3.63) is 81.5 Å². The number of aromatic nitrogens is 1. The van der Waals surface area contributed by atoms with Gasteiger partial charge in [0.2, 0.25) is 6.54 Å². The Kier molecular flexibility index (Phi) is 4.29. The minimum Gasteiger partial charge on any atom is -0.465 e. The minimum atomic E-state index is -0.431. The van der Waals surface area contributed by atoms with Crippen LogP contribution in [-0.4, -0.2) is 29.5 Å². The number of hydrogen-bond donors (Lipinski definition) is 1. The smallest absolute Gasteiger partial charge is 0.337 e. The highest BCUT2D eigenvalue weighted by molar-refractivity contribution is 5.89. The van der Waals surface area contributed by atoms with Crippen molar-refractivity contribution in [2.75, 3.05) is 13.7 Å². The van der Waals surface area contributed by atoms with Gasteiger partial charge in [-0.15, -0.1) is 0 Å². The maximum Gasteiger partial charge on any atom is 0.337 e. The second kappa shape index (κ2) is 6.54. The first kappa shape index (κ1) is 15.7. The van der Waals surface area contributed by atoms with E-state index < -0.39 is 11.9 Å². The average molecular weight is 324 g/mol. The summed E-state index contributed by atoms with van der Waals surface area (Å²) >= 11 is 0. The lowest BCUT2D eigenvalue weighted by Gasteiger charge is -2.13. The average Bonchev–Trinajstić information content (AvgIpc) is 3.03. The third kappa shape index (κ3) is 2.99. The van der Waals surface area contributed by atoms with E-state index in [0.717, 1.165) is 22.0 Å². The monoisotopic (exact) mass is 324 g/mol. The molecule has 0 bridgehead atoms. The SMILES string of the molecule is COC(=O)c1ccc([C@@H](C[N+](=O)[O-])c2c[nH]c3ccccc23)cc1. The minimum absolute atomic E-state index is 0.223. The van der Waals surface area contributed by atoms with Crippen molar-refractivity contribution in [3.8, 4) is 0 Å². The molecule has 0 aliphatic rings. The van der Waals surface area contributed by atoms with Gasteiger partial charge < -0.3 is 9.72 Å². The zero-order valence-corrected chi connectivity index (χ0v) is 13.1. The molecule has 0 aliphatic heterocycles. The molecule has 1 heterocycles. The van der Waals surface area contributed by atoms with Gasteiger partial charge in [-0.05, 0) is 29.3 Å². The van der Waals surface area contributed by atoms with Crippen LogP contribution in [0, 0.1) is 10.1 Å². The maximum atomic E-state index is 11.5. The van der Waals surface area contributed by atoms with E-state index in [9.17, 15) is 14.9 Å². The molecule has 1 atom stereocenters. The van der Waals surface area contributed by atoms with Crippen LogP contribution in [0.15, 0.2) is 54.7 Å². The Morgan fingerprint density at radius 2 is 1.92 bits per heavy atom. The zero-order valence-electron chi connectivity index (χ0n) is 13.1. The Labute approximate surface area is 138 Å². The van der Waals surface area contributed by atoms with Gasteiger partial charge in [-0.3, -0.25) is 10.1 Å². The Hall–Kier alpha value is -3.15. The fraction of sp³-hybridized carbons (Fsp3) is 0.167. The van der Waals surface area contributed by atoms with Gasteiger partial charge >= 0.3 is 5.97 Å². The molecule has 0 unspecified atom stereocenters. The fourth-order valence-electron chi connectivity index (χ4n) is 2.88. The lowest BCUT2D eigenvalue weighted by Crippen LogP contribution is -2.14. The van der Waals surface area contributed by atoms with Gasteiger partial charge in [0.1, 0.15) is 0 Å². The third-order valence-corrected chi connectivity index (χ3v) is 4.06. The number of benzene rings is 2. The topological polar surface area (TPSA) is 85.2 Å². The first-order chi connectivity index (χ1) is 11.6. The summed E-state index contributed by atoms with van der Waals surface area (Å²) < 4.78 is 4.68. The molecular formula is C18H16N2O4. The number of hydrogen-bond acceptors (Lipinski definition) is 4. The van der Waals surface area contributed by atoms with Crippen molar-refractivity contribution in [3.63, 3.8) is 0 Å². The molecule has 0 aliphatic carbocycles. The number of rotatable bonds is 5. The Bertz CT molecular complexity index is 883. The molecule has 3 rings (SSSR count). The molecule has 1 aromatic heterocycles. The highest BCUT2D eigenvalue weighted by atomic mass is 16.6. The number of ether oxygens (including phenoxy) is 1. The lowest BCUT2D eigenvalue weighted by molar-refractivity contribution is -0.481.